The summed E-state index contributed by atoms with van der Waals surface area (Å²) < 4.78 is 6.26. The molecule has 1 aromatic heterocycles. The lowest BCUT2D eigenvalue weighted by molar-refractivity contribution is -0.0399. The molecule has 14 rings (SSSR count). The number of hydrogen-bond donors (Lipinski definition) is 0. The fourth-order valence-corrected chi connectivity index (χ4v) is 12.8. The van der Waals surface area contributed by atoms with Gasteiger partial charge in [-0.15, -0.1) is 0 Å². The van der Waals surface area contributed by atoms with Crippen LogP contribution in [0.5, 0.6) is 0 Å². The van der Waals surface area contributed by atoms with Crippen LogP contribution in [0.3, 0.4) is 0 Å². The molecule has 0 saturated heterocycles. The van der Waals surface area contributed by atoms with Gasteiger partial charge in [-0.05, 0) is 157 Å². The molecule has 0 atom stereocenters. The Bertz CT molecular complexity index is 2940. The fraction of sp³-hybridized carbons (Fsp3) is 0.192. The second-order valence-electron chi connectivity index (χ2n) is 16.8. The van der Waals surface area contributed by atoms with Crippen LogP contribution in [-0.4, -0.2) is 0 Å². The lowest BCUT2D eigenvalue weighted by Crippen LogP contribution is -2.55. The molecule has 0 N–H and O–H groups in total. The van der Waals surface area contributed by atoms with Crippen molar-refractivity contribution in [1.82, 2.24) is 0 Å². The first-order chi connectivity index (χ1) is 26.2. The van der Waals surface area contributed by atoms with Crippen molar-refractivity contribution >= 4 is 54.3 Å². The van der Waals surface area contributed by atoms with Crippen molar-refractivity contribution in [2.24, 2.45) is 23.7 Å². The maximum absolute atomic E-state index is 6.26. The van der Waals surface area contributed by atoms with E-state index in [0.29, 0.717) is 0 Å². The molecule has 5 aliphatic rings. The summed E-state index contributed by atoms with van der Waals surface area (Å²) in [5, 5.41) is 10.3. The van der Waals surface area contributed by atoms with Gasteiger partial charge in [-0.1, -0.05) is 121 Å². The third-order valence-electron chi connectivity index (χ3n) is 14.4. The van der Waals surface area contributed by atoms with Crippen LogP contribution in [-0.2, 0) is 5.41 Å². The van der Waals surface area contributed by atoms with Crippen LogP contribution < -0.4 is 0 Å². The Hall–Kier alpha value is -5.66. The molecule has 1 spiro atoms. The molecule has 4 fully saturated rings. The van der Waals surface area contributed by atoms with Gasteiger partial charge in [0.25, 0.3) is 0 Å². The molecule has 5 aliphatic carbocycles. The number of benzene rings is 8. The number of rotatable bonds is 2. The van der Waals surface area contributed by atoms with E-state index in [2.05, 4.69) is 140 Å². The molecule has 0 unspecified atom stereocenters. The SMILES string of the molecule is c1ccc2c3c(ccc2c1)C1(c2ccc(-c4c5ccccc5c(-c5ccc6oc7ccccc7c6c5)c5ccccc45)cc2-3)C2CC3CC(C2)CC1C3. The summed E-state index contributed by atoms with van der Waals surface area (Å²) in [6.07, 6.45) is 7.08. The quantitative estimate of drug-likeness (QED) is 0.166. The maximum atomic E-state index is 6.26. The van der Waals surface area contributed by atoms with Crippen molar-refractivity contribution in [1.29, 1.82) is 0 Å². The van der Waals surface area contributed by atoms with E-state index in [1.165, 1.54) is 103 Å². The Balaban J connectivity index is 1.09. The standard InChI is InChI=1S/C52H38O/c1-2-10-37-32(9-1)17-21-46-51(37)44-29-33(18-20-45(44)52(46)35-24-30-23-31(26-35)27-36(52)25-30)49-39-12-3-5-14-41(39)50(42-15-6-4-13-40(42)49)34-19-22-48-43(28-34)38-11-7-8-16-47(38)53-48/h1-22,28-31,35-36H,23-27H2. The van der Waals surface area contributed by atoms with Crippen molar-refractivity contribution in [3.8, 4) is 33.4 Å². The Labute approximate surface area is 308 Å². The summed E-state index contributed by atoms with van der Waals surface area (Å²) in [7, 11) is 0. The van der Waals surface area contributed by atoms with Gasteiger partial charge in [0.05, 0.1) is 0 Å². The van der Waals surface area contributed by atoms with Crippen molar-refractivity contribution < 1.29 is 4.42 Å². The normalized spacial score (nSPS) is 23.9. The third kappa shape index (κ3) is 3.68. The van der Waals surface area contributed by atoms with Gasteiger partial charge in [0.1, 0.15) is 11.2 Å². The van der Waals surface area contributed by atoms with Crippen molar-refractivity contribution in [2.45, 2.75) is 37.5 Å². The van der Waals surface area contributed by atoms with Gasteiger partial charge in [-0.2, -0.15) is 0 Å². The molecule has 0 aliphatic heterocycles. The Morgan fingerprint density at radius 3 is 1.60 bits per heavy atom. The highest BCUT2D eigenvalue weighted by Crippen LogP contribution is 2.70. The summed E-state index contributed by atoms with van der Waals surface area (Å²) >= 11 is 0. The smallest absolute Gasteiger partial charge is 0.135 e. The molecule has 4 bridgehead atoms. The first-order valence-corrected chi connectivity index (χ1v) is 19.8. The number of hydrogen-bond acceptors (Lipinski definition) is 1. The van der Waals surface area contributed by atoms with E-state index in [4.69, 9.17) is 4.42 Å². The minimum Gasteiger partial charge on any atom is -0.456 e. The van der Waals surface area contributed by atoms with Gasteiger partial charge in [-0.25, -0.2) is 0 Å². The molecular weight excluding hydrogens is 641 g/mol. The second kappa shape index (κ2) is 10.3. The molecule has 53 heavy (non-hydrogen) atoms. The highest BCUT2D eigenvalue weighted by Gasteiger charge is 2.61. The summed E-state index contributed by atoms with van der Waals surface area (Å²) in [6, 6.07) is 55.2. The van der Waals surface area contributed by atoms with E-state index >= 15 is 0 Å². The highest BCUT2D eigenvalue weighted by molar-refractivity contribution is 6.22. The summed E-state index contributed by atoms with van der Waals surface area (Å²) in [5.74, 6) is 3.35. The van der Waals surface area contributed by atoms with E-state index in [0.717, 1.165) is 40.2 Å². The van der Waals surface area contributed by atoms with Gasteiger partial charge in [0.15, 0.2) is 0 Å². The van der Waals surface area contributed by atoms with Crippen LogP contribution in [0.25, 0.3) is 87.6 Å². The maximum Gasteiger partial charge on any atom is 0.135 e. The van der Waals surface area contributed by atoms with Crippen LogP contribution in [0.2, 0.25) is 0 Å². The third-order valence-corrected chi connectivity index (χ3v) is 14.4. The first kappa shape index (κ1) is 28.9. The Morgan fingerprint density at radius 2 is 0.925 bits per heavy atom. The molecule has 9 aromatic rings. The minimum atomic E-state index is 0.143. The molecule has 1 heteroatoms. The summed E-state index contributed by atoms with van der Waals surface area (Å²) in [4.78, 5) is 0. The van der Waals surface area contributed by atoms with E-state index in [1.807, 2.05) is 6.07 Å². The Morgan fingerprint density at radius 1 is 0.396 bits per heavy atom. The molecule has 4 saturated carbocycles. The molecular formula is C52H38O. The van der Waals surface area contributed by atoms with E-state index < -0.39 is 0 Å². The number of para-hydroxylation sites is 1. The fourth-order valence-electron chi connectivity index (χ4n) is 12.8. The van der Waals surface area contributed by atoms with Gasteiger partial charge in [0, 0.05) is 16.2 Å². The zero-order valence-corrected chi connectivity index (χ0v) is 29.6. The first-order valence-electron chi connectivity index (χ1n) is 19.8. The lowest BCUT2D eigenvalue weighted by atomic mass is 9.43. The molecule has 8 aromatic carbocycles. The predicted molar refractivity (Wildman–Crippen MR) is 220 cm³/mol. The molecule has 252 valence electrons. The van der Waals surface area contributed by atoms with Gasteiger partial charge in [-0.3, -0.25) is 0 Å². The molecule has 1 heterocycles. The molecule has 1 nitrogen and oxygen atoms in total. The lowest BCUT2D eigenvalue weighted by Gasteiger charge is -2.61. The largest absolute Gasteiger partial charge is 0.456 e. The average molecular weight is 679 g/mol. The van der Waals surface area contributed by atoms with Crippen molar-refractivity contribution in [3.05, 3.63) is 157 Å². The van der Waals surface area contributed by atoms with E-state index in [9.17, 15) is 0 Å². The zero-order chi connectivity index (χ0) is 34.4. The van der Waals surface area contributed by atoms with E-state index in [1.54, 1.807) is 11.1 Å². The van der Waals surface area contributed by atoms with Gasteiger partial charge < -0.3 is 4.42 Å². The molecule has 0 amide bonds. The zero-order valence-electron chi connectivity index (χ0n) is 29.6. The molecule has 0 radical (unpaired) electrons. The van der Waals surface area contributed by atoms with Crippen molar-refractivity contribution in [2.75, 3.05) is 0 Å². The predicted octanol–water partition coefficient (Wildman–Crippen LogP) is 14.1. The highest BCUT2D eigenvalue weighted by atomic mass is 16.3. The average Bonchev–Trinajstić information content (AvgIpc) is 3.72. The van der Waals surface area contributed by atoms with Crippen molar-refractivity contribution in [3.63, 3.8) is 0 Å². The number of fused-ring (bicyclic) bond motifs is 10. The van der Waals surface area contributed by atoms with Gasteiger partial charge >= 0.3 is 0 Å². The van der Waals surface area contributed by atoms with Crippen LogP contribution in [0, 0.1) is 23.7 Å². The minimum absolute atomic E-state index is 0.143. The van der Waals surface area contributed by atoms with Crippen LogP contribution >= 0.6 is 0 Å². The second-order valence-corrected chi connectivity index (χ2v) is 16.8. The monoisotopic (exact) mass is 678 g/mol. The van der Waals surface area contributed by atoms with E-state index in [-0.39, 0.29) is 5.41 Å². The summed E-state index contributed by atoms with van der Waals surface area (Å²) in [5.41, 5.74) is 13.4. The van der Waals surface area contributed by atoms with Gasteiger partial charge in [0.2, 0.25) is 0 Å². The Kier molecular flexibility index (Phi) is 5.59. The van der Waals surface area contributed by atoms with Crippen LogP contribution in [0.15, 0.2) is 150 Å². The van der Waals surface area contributed by atoms with Crippen LogP contribution in [0.1, 0.15) is 43.2 Å². The van der Waals surface area contributed by atoms with Crippen LogP contribution in [0.4, 0.5) is 0 Å². The number of furan rings is 1. The topological polar surface area (TPSA) is 13.1 Å². The summed E-state index contributed by atoms with van der Waals surface area (Å²) in [6.45, 7) is 0.